The fraction of sp³-hybridized carbons (Fsp3) is 0.400. The van der Waals surface area contributed by atoms with Gasteiger partial charge in [0.1, 0.15) is 0 Å². The van der Waals surface area contributed by atoms with Crippen LogP contribution in [-0.2, 0) is 11.8 Å². The molecule has 4 heterocycles. The van der Waals surface area contributed by atoms with Crippen molar-refractivity contribution in [3.8, 4) is 0 Å². The Morgan fingerprint density at radius 3 is 2.96 bits per heavy atom. The molecule has 3 aromatic rings. The zero-order valence-corrected chi connectivity index (χ0v) is 15.8. The summed E-state index contributed by atoms with van der Waals surface area (Å²) in [6.07, 6.45) is 5.89. The van der Waals surface area contributed by atoms with Crippen LogP contribution in [0.1, 0.15) is 39.8 Å². The highest BCUT2D eigenvalue weighted by atomic mass is 16.5. The van der Waals surface area contributed by atoms with Crippen LogP contribution in [0, 0.1) is 19.8 Å². The fourth-order valence-electron chi connectivity index (χ4n) is 3.87. The van der Waals surface area contributed by atoms with E-state index in [2.05, 4.69) is 27.3 Å². The van der Waals surface area contributed by atoms with E-state index in [1.807, 2.05) is 18.7 Å². The van der Waals surface area contributed by atoms with E-state index in [0.29, 0.717) is 18.7 Å². The molecule has 0 unspecified atom stereocenters. The minimum absolute atomic E-state index is 0.0325. The second-order valence-electron chi connectivity index (χ2n) is 7.01. The van der Waals surface area contributed by atoms with Crippen LogP contribution >= 0.6 is 0 Å². The third kappa shape index (κ3) is 3.19. The van der Waals surface area contributed by atoms with Crippen LogP contribution in [0.2, 0.25) is 0 Å². The molecule has 0 radical (unpaired) electrons. The molecule has 1 saturated heterocycles. The molecule has 0 bridgehead atoms. The van der Waals surface area contributed by atoms with E-state index in [9.17, 15) is 4.79 Å². The number of carbonyl (C=O) groups excluding carboxylic acids is 1. The third-order valence-electron chi connectivity index (χ3n) is 5.38. The molecule has 1 N–H and O–H groups in total. The van der Waals surface area contributed by atoms with Crippen molar-refractivity contribution in [2.75, 3.05) is 13.2 Å². The van der Waals surface area contributed by atoms with E-state index in [-0.39, 0.29) is 17.9 Å². The van der Waals surface area contributed by atoms with E-state index in [0.717, 1.165) is 34.3 Å². The van der Waals surface area contributed by atoms with Gasteiger partial charge in [-0.1, -0.05) is 0 Å². The lowest BCUT2D eigenvalue weighted by atomic mass is 9.94. The molecule has 0 saturated carbocycles. The summed E-state index contributed by atoms with van der Waals surface area (Å²) in [5.74, 6) is 0.113. The third-order valence-corrected chi connectivity index (χ3v) is 5.38. The van der Waals surface area contributed by atoms with Crippen LogP contribution in [0.5, 0.6) is 0 Å². The second kappa shape index (κ2) is 7.08. The molecule has 4 rings (SSSR count). The van der Waals surface area contributed by atoms with Gasteiger partial charge in [0, 0.05) is 61.4 Å². The Labute approximate surface area is 157 Å². The molecule has 27 heavy (non-hydrogen) atoms. The number of nitrogens with one attached hydrogen (secondary N) is 1. The van der Waals surface area contributed by atoms with Crippen LogP contribution in [0.25, 0.3) is 10.9 Å². The van der Waals surface area contributed by atoms with Gasteiger partial charge in [0.15, 0.2) is 0 Å². The highest BCUT2D eigenvalue weighted by Gasteiger charge is 2.33. The topological polar surface area (TPSA) is 81.9 Å². The summed E-state index contributed by atoms with van der Waals surface area (Å²) >= 11 is 0. The zero-order chi connectivity index (χ0) is 19.0. The summed E-state index contributed by atoms with van der Waals surface area (Å²) < 4.78 is 7.90. The Morgan fingerprint density at radius 1 is 1.33 bits per heavy atom. The van der Waals surface area contributed by atoms with Crippen molar-refractivity contribution in [3.63, 3.8) is 0 Å². The van der Waals surface area contributed by atoms with Crippen LogP contribution in [0.15, 0.2) is 30.7 Å². The average Bonchev–Trinajstić information content (AvgIpc) is 3.22. The normalized spacial score (nSPS) is 19.5. The lowest BCUT2D eigenvalue weighted by Crippen LogP contribution is -2.31. The predicted octanol–water partition coefficient (Wildman–Crippen LogP) is 2.49. The standard InChI is InChI=1S/C20H23N5O2/c1-12-18(13(2)25(3)24-12)19-14(6-9-27-19)10-23-20(26)15-4-8-22-17-5-7-21-11-16(15)17/h4-5,7-8,11,14,19H,6,9-10H2,1-3H3,(H,23,26)/t14-,19+/m0/s1. The summed E-state index contributed by atoms with van der Waals surface area (Å²) in [7, 11) is 1.94. The number of ether oxygens (including phenoxy) is 1. The van der Waals surface area contributed by atoms with Gasteiger partial charge in [0.2, 0.25) is 0 Å². The molecule has 1 aliphatic heterocycles. The van der Waals surface area contributed by atoms with Crippen LogP contribution in [-0.4, -0.2) is 38.8 Å². The molecule has 2 atom stereocenters. The van der Waals surface area contributed by atoms with E-state index in [1.165, 1.54) is 0 Å². The Hall–Kier alpha value is -2.80. The summed E-state index contributed by atoms with van der Waals surface area (Å²) in [4.78, 5) is 21.2. The molecule has 7 nitrogen and oxygen atoms in total. The number of rotatable bonds is 4. The first-order chi connectivity index (χ1) is 13.1. The first-order valence-corrected chi connectivity index (χ1v) is 9.15. The summed E-state index contributed by atoms with van der Waals surface area (Å²) in [6.45, 7) is 5.32. The number of hydrogen-bond donors (Lipinski definition) is 1. The molecule has 0 spiro atoms. The van der Waals surface area contributed by atoms with Gasteiger partial charge < -0.3 is 10.1 Å². The van der Waals surface area contributed by atoms with Crippen molar-refractivity contribution in [3.05, 3.63) is 53.2 Å². The van der Waals surface area contributed by atoms with Gasteiger partial charge in [0.25, 0.3) is 5.91 Å². The first kappa shape index (κ1) is 17.6. The van der Waals surface area contributed by atoms with Crippen LogP contribution in [0.4, 0.5) is 0 Å². The predicted molar refractivity (Wildman–Crippen MR) is 101 cm³/mol. The molecule has 1 fully saturated rings. The SMILES string of the molecule is Cc1nn(C)c(C)c1[C@@H]1OCC[C@H]1CNC(=O)c1ccnc2ccncc12. The highest BCUT2D eigenvalue weighted by molar-refractivity contribution is 6.05. The largest absolute Gasteiger partial charge is 0.373 e. The second-order valence-corrected chi connectivity index (χ2v) is 7.01. The molecule has 1 aliphatic rings. The van der Waals surface area contributed by atoms with E-state index >= 15 is 0 Å². The molecule has 1 amide bonds. The Balaban J connectivity index is 1.51. The number of hydrogen-bond acceptors (Lipinski definition) is 5. The van der Waals surface area contributed by atoms with Gasteiger partial charge in [-0.05, 0) is 32.4 Å². The van der Waals surface area contributed by atoms with Gasteiger partial charge in [-0.15, -0.1) is 0 Å². The summed E-state index contributed by atoms with van der Waals surface area (Å²) in [5.41, 5.74) is 4.61. The van der Waals surface area contributed by atoms with Crippen LogP contribution < -0.4 is 5.32 Å². The lowest BCUT2D eigenvalue weighted by molar-refractivity contribution is 0.0840. The lowest BCUT2D eigenvalue weighted by Gasteiger charge is -2.20. The molecular weight excluding hydrogens is 342 g/mol. The van der Waals surface area contributed by atoms with Gasteiger partial charge in [0.05, 0.1) is 22.9 Å². The number of fused-ring (bicyclic) bond motifs is 1. The van der Waals surface area contributed by atoms with Crippen molar-refractivity contribution >= 4 is 16.8 Å². The quantitative estimate of drug-likeness (QED) is 0.768. The van der Waals surface area contributed by atoms with Crippen molar-refractivity contribution in [1.82, 2.24) is 25.1 Å². The van der Waals surface area contributed by atoms with Gasteiger partial charge in [-0.3, -0.25) is 19.4 Å². The Kier molecular flexibility index (Phi) is 4.61. The van der Waals surface area contributed by atoms with Crippen molar-refractivity contribution in [1.29, 1.82) is 0 Å². The summed E-state index contributed by atoms with van der Waals surface area (Å²) in [6, 6.07) is 3.54. The summed E-state index contributed by atoms with van der Waals surface area (Å²) in [5, 5.41) is 8.34. The first-order valence-electron chi connectivity index (χ1n) is 9.15. The van der Waals surface area contributed by atoms with Crippen molar-refractivity contribution in [2.24, 2.45) is 13.0 Å². The Morgan fingerprint density at radius 2 is 2.19 bits per heavy atom. The van der Waals surface area contributed by atoms with Gasteiger partial charge >= 0.3 is 0 Å². The van der Waals surface area contributed by atoms with E-state index < -0.39 is 0 Å². The maximum Gasteiger partial charge on any atom is 0.252 e. The van der Waals surface area contributed by atoms with E-state index in [1.54, 1.807) is 30.7 Å². The van der Waals surface area contributed by atoms with Crippen LogP contribution in [0.3, 0.4) is 0 Å². The fourth-order valence-corrected chi connectivity index (χ4v) is 3.87. The van der Waals surface area contributed by atoms with Gasteiger partial charge in [-0.2, -0.15) is 5.10 Å². The Bertz CT molecular complexity index is 992. The molecular formula is C20H23N5O2. The monoisotopic (exact) mass is 365 g/mol. The number of pyridine rings is 2. The van der Waals surface area contributed by atoms with Crippen molar-refractivity contribution in [2.45, 2.75) is 26.4 Å². The molecule has 0 aromatic carbocycles. The molecule has 3 aromatic heterocycles. The number of carbonyl (C=O) groups is 1. The number of aryl methyl sites for hydroxylation is 2. The molecule has 7 heteroatoms. The molecule has 0 aliphatic carbocycles. The van der Waals surface area contributed by atoms with Crippen molar-refractivity contribution < 1.29 is 9.53 Å². The maximum atomic E-state index is 12.8. The number of nitrogens with zero attached hydrogens (tertiary/aromatic N) is 4. The minimum Gasteiger partial charge on any atom is -0.373 e. The zero-order valence-electron chi connectivity index (χ0n) is 15.8. The number of aromatic nitrogens is 4. The molecule has 140 valence electrons. The highest BCUT2D eigenvalue weighted by Crippen LogP contribution is 2.37. The van der Waals surface area contributed by atoms with E-state index in [4.69, 9.17) is 4.74 Å². The number of amides is 1. The average molecular weight is 365 g/mol. The smallest absolute Gasteiger partial charge is 0.252 e. The van der Waals surface area contributed by atoms with Gasteiger partial charge in [-0.25, -0.2) is 0 Å². The minimum atomic E-state index is -0.110. The maximum absolute atomic E-state index is 12.8.